The molecule has 2 aromatic rings. The van der Waals surface area contributed by atoms with Crippen molar-refractivity contribution in [2.45, 2.75) is 32.5 Å². The number of aryl methyl sites for hydroxylation is 1. The van der Waals surface area contributed by atoms with Crippen LogP contribution in [0.3, 0.4) is 0 Å². The summed E-state index contributed by atoms with van der Waals surface area (Å²) in [6.07, 6.45) is -3.22. The number of anilines is 1. The number of amides is 2. The second kappa shape index (κ2) is 7.49. The lowest BCUT2D eigenvalue weighted by molar-refractivity contribution is -0.137. The van der Waals surface area contributed by atoms with Crippen molar-refractivity contribution in [1.82, 2.24) is 9.88 Å². The number of rotatable bonds is 4. The van der Waals surface area contributed by atoms with Gasteiger partial charge in [0.15, 0.2) is 0 Å². The summed E-state index contributed by atoms with van der Waals surface area (Å²) in [6.45, 7) is 5.16. The smallest absolute Gasteiger partial charge is 0.346 e. The third kappa shape index (κ3) is 5.21. The molecule has 0 radical (unpaired) electrons. The number of carbonyl (C=O) groups excluding carboxylic acids is 3. The average Bonchev–Trinajstić information content (AvgIpc) is 2.94. The maximum atomic E-state index is 12.8. The monoisotopic (exact) mass is 395 g/mol. The Kier molecular flexibility index (Phi) is 5.67. The van der Waals surface area contributed by atoms with Crippen LogP contribution in [0.25, 0.3) is 0 Å². The second-order valence-corrected chi connectivity index (χ2v) is 7.29. The fourth-order valence-corrected chi connectivity index (χ4v) is 2.41. The van der Waals surface area contributed by atoms with Crippen LogP contribution in [0.5, 0.6) is 0 Å². The number of hydrogen-bond donors (Lipinski definition) is 2. The highest BCUT2D eigenvalue weighted by Crippen LogP contribution is 2.30. The molecule has 0 saturated heterocycles. The molecule has 6 nitrogen and oxygen atoms in total. The first kappa shape index (κ1) is 21.2. The summed E-state index contributed by atoms with van der Waals surface area (Å²) in [5.41, 5.74) is -1.53. The summed E-state index contributed by atoms with van der Waals surface area (Å²) >= 11 is 0. The van der Waals surface area contributed by atoms with Crippen LogP contribution in [-0.2, 0) is 18.0 Å². The van der Waals surface area contributed by atoms with Gasteiger partial charge in [-0.25, -0.2) is 0 Å². The number of nitrogens with zero attached hydrogens (tertiary/aromatic N) is 1. The van der Waals surface area contributed by atoms with E-state index in [0.717, 1.165) is 12.1 Å². The van der Waals surface area contributed by atoms with Gasteiger partial charge in [-0.3, -0.25) is 14.4 Å². The molecule has 0 spiro atoms. The van der Waals surface area contributed by atoms with Gasteiger partial charge in [0.25, 0.3) is 17.6 Å². The molecule has 1 aromatic carbocycles. The molecule has 0 bridgehead atoms. The molecule has 150 valence electrons. The lowest BCUT2D eigenvalue weighted by atomic mass is 10.1. The van der Waals surface area contributed by atoms with E-state index in [1.165, 1.54) is 36.0 Å². The van der Waals surface area contributed by atoms with Crippen molar-refractivity contribution in [2.75, 3.05) is 5.32 Å². The highest BCUT2D eigenvalue weighted by molar-refractivity contribution is 6.43. The maximum absolute atomic E-state index is 12.8. The third-order valence-electron chi connectivity index (χ3n) is 3.64. The average molecular weight is 395 g/mol. The van der Waals surface area contributed by atoms with E-state index < -0.39 is 34.9 Å². The maximum Gasteiger partial charge on any atom is 0.416 e. The van der Waals surface area contributed by atoms with Crippen LogP contribution in [0.4, 0.5) is 18.9 Å². The van der Waals surface area contributed by atoms with Gasteiger partial charge in [-0.15, -0.1) is 0 Å². The largest absolute Gasteiger partial charge is 0.416 e. The number of hydrogen-bond acceptors (Lipinski definition) is 3. The van der Waals surface area contributed by atoms with Gasteiger partial charge in [0.05, 0.1) is 5.56 Å². The van der Waals surface area contributed by atoms with Crippen LogP contribution in [-0.4, -0.2) is 27.7 Å². The van der Waals surface area contributed by atoms with Gasteiger partial charge in [0, 0.05) is 30.0 Å². The van der Waals surface area contributed by atoms with Crippen LogP contribution in [0.2, 0.25) is 0 Å². The molecule has 0 aliphatic carbocycles. The normalized spacial score (nSPS) is 11.8. The molecule has 0 saturated carbocycles. The van der Waals surface area contributed by atoms with Gasteiger partial charge < -0.3 is 15.2 Å². The highest BCUT2D eigenvalue weighted by Gasteiger charge is 2.30. The third-order valence-corrected chi connectivity index (χ3v) is 3.64. The Morgan fingerprint density at radius 1 is 1.04 bits per heavy atom. The van der Waals surface area contributed by atoms with Gasteiger partial charge in [0.1, 0.15) is 5.69 Å². The molecular weight excluding hydrogens is 375 g/mol. The van der Waals surface area contributed by atoms with E-state index in [1.54, 1.807) is 20.8 Å². The SMILES string of the molecule is Cn1cc(C(=O)C(=O)NC(C)(C)C)cc1C(=O)Nc1cccc(C(F)(F)F)c1. The van der Waals surface area contributed by atoms with Gasteiger partial charge in [-0.2, -0.15) is 13.2 Å². The number of ketones is 1. The highest BCUT2D eigenvalue weighted by atomic mass is 19.4. The summed E-state index contributed by atoms with van der Waals surface area (Å²) in [5.74, 6) is -2.34. The Bertz CT molecular complexity index is 924. The van der Waals surface area contributed by atoms with Crippen molar-refractivity contribution in [2.24, 2.45) is 7.05 Å². The van der Waals surface area contributed by atoms with E-state index in [-0.39, 0.29) is 16.9 Å². The molecule has 1 heterocycles. The van der Waals surface area contributed by atoms with E-state index >= 15 is 0 Å². The molecule has 0 unspecified atom stereocenters. The summed E-state index contributed by atoms with van der Waals surface area (Å²) in [7, 11) is 1.49. The minimum absolute atomic E-state index is 0.00144. The first-order chi connectivity index (χ1) is 12.8. The predicted octanol–water partition coefficient (Wildman–Crippen LogP) is 3.39. The van der Waals surface area contributed by atoms with Crippen LogP contribution in [0, 0.1) is 0 Å². The number of halogens is 3. The molecule has 0 aliphatic rings. The zero-order chi connectivity index (χ0) is 21.3. The Morgan fingerprint density at radius 3 is 2.25 bits per heavy atom. The van der Waals surface area contributed by atoms with Crippen molar-refractivity contribution in [1.29, 1.82) is 0 Å². The second-order valence-electron chi connectivity index (χ2n) is 7.29. The van der Waals surface area contributed by atoms with Crippen molar-refractivity contribution < 1.29 is 27.6 Å². The van der Waals surface area contributed by atoms with Crippen LogP contribution in [0.15, 0.2) is 36.5 Å². The van der Waals surface area contributed by atoms with E-state index in [1.807, 2.05) is 0 Å². The number of aromatic nitrogens is 1. The van der Waals surface area contributed by atoms with Crippen molar-refractivity contribution >= 4 is 23.3 Å². The number of Topliss-reactive ketones (excluding diaryl/α,β-unsaturated/α-hetero) is 1. The summed E-state index contributed by atoms with van der Waals surface area (Å²) in [5, 5.41) is 4.89. The predicted molar refractivity (Wildman–Crippen MR) is 97.0 cm³/mol. The molecular formula is C19H20F3N3O3. The fraction of sp³-hybridized carbons (Fsp3) is 0.316. The molecule has 28 heavy (non-hydrogen) atoms. The fourth-order valence-electron chi connectivity index (χ4n) is 2.41. The van der Waals surface area contributed by atoms with Crippen LogP contribution in [0.1, 0.15) is 47.2 Å². The van der Waals surface area contributed by atoms with E-state index in [9.17, 15) is 27.6 Å². The van der Waals surface area contributed by atoms with Gasteiger partial charge in [-0.1, -0.05) is 6.07 Å². The number of alkyl halides is 3. The summed E-state index contributed by atoms with van der Waals surface area (Å²) in [6, 6.07) is 5.41. The topological polar surface area (TPSA) is 80.2 Å². The Morgan fingerprint density at radius 2 is 1.68 bits per heavy atom. The first-order valence-corrected chi connectivity index (χ1v) is 8.30. The summed E-state index contributed by atoms with van der Waals surface area (Å²) in [4.78, 5) is 36.6. The standard InChI is InChI=1S/C19H20F3N3O3/c1-18(2,3)24-17(28)15(26)11-8-14(25(4)10-11)16(27)23-13-7-5-6-12(9-13)19(20,21)22/h5-10H,1-4H3,(H,23,27)(H,24,28). The number of carbonyl (C=O) groups is 3. The quantitative estimate of drug-likeness (QED) is 0.615. The van der Waals surface area contributed by atoms with Gasteiger partial charge >= 0.3 is 6.18 Å². The summed E-state index contributed by atoms with van der Waals surface area (Å²) < 4.78 is 39.7. The van der Waals surface area contributed by atoms with Crippen molar-refractivity contribution in [3.8, 4) is 0 Å². The Labute approximate surface area is 159 Å². The van der Waals surface area contributed by atoms with Gasteiger partial charge in [0.2, 0.25) is 0 Å². The lowest BCUT2D eigenvalue weighted by Crippen LogP contribution is -2.44. The molecule has 0 atom stereocenters. The van der Waals surface area contributed by atoms with E-state index in [0.29, 0.717) is 0 Å². The molecule has 0 fully saturated rings. The van der Waals surface area contributed by atoms with E-state index in [2.05, 4.69) is 10.6 Å². The minimum Gasteiger partial charge on any atom is -0.346 e. The lowest BCUT2D eigenvalue weighted by Gasteiger charge is -2.19. The van der Waals surface area contributed by atoms with Gasteiger partial charge in [-0.05, 0) is 45.0 Å². The van der Waals surface area contributed by atoms with Crippen LogP contribution >= 0.6 is 0 Å². The molecule has 2 amide bonds. The van der Waals surface area contributed by atoms with Crippen LogP contribution < -0.4 is 10.6 Å². The van der Waals surface area contributed by atoms with Crippen molar-refractivity contribution in [3.63, 3.8) is 0 Å². The zero-order valence-corrected chi connectivity index (χ0v) is 15.8. The zero-order valence-electron chi connectivity index (χ0n) is 15.8. The minimum atomic E-state index is -4.54. The number of nitrogens with one attached hydrogen (secondary N) is 2. The number of benzene rings is 1. The Balaban J connectivity index is 2.20. The molecule has 2 rings (SSSR count). The first-order valence-electron chi connectivity index (χ1n) is 8.30. The molecule has 2 N–H and O–H groups in total. The molecule has 1 aromatic heterocycles. The molecule has 0 aliphatic heterocycles. The molecule has 9 heteroatoms. The van der Waals surface area contributed by atoms with E-state index in [4.69, 9.17) is 0 Å². The van der Waals surface area contributed by atoms with Crippen molar-refractivity contribution in [3.05, 3.63) is 53.3 Å². The Hall–Kier alpha value is -3.10.